The summed E-state index contributed by atoms with van der Waals surface area (Å²) >= 11 is 0. The number of amides is 1. The largest absolute Gasteiger partial charge is 0.507 e. The first-order valence-electron chi connectivity index (χ1n) is 6.67. The van der Waals surface area contributed by atoms with Crippen LogP contribution in [-0.4, -0.2) is 34.1 Å². The second kappa shape index (κ2) is 6.76. The molecule has 0 aliphatic carbocycles. The lowest BCUT2D eigenvalue weighted by molar-refractivity contribution is 0.0742. The van der Waals surface area contributed by atoms with Crippen molar-refractivity contribution in [2.24, 2.45) is 5.73 Å². The molecular formula is C16H18N2O3. The SMILES string of the molecule is NCCN(Cc1ccccc1)C(=O)c1c(O)cccc1O. The Bertz CT molecular complexity index is 594. The van der Waals surface area contributed by atoms with Gasteiger partial charge in [-0.1, -0.05) is 36.4 Å². The summed E-state index contributed by atoms with van der Waals surface area (Å²) in [4.78, 5) is 14.0. The lowest BCUT2D eigenvalue weighted by Crippen LogP contribution is -2.35. The van der Waals surface area contributed by atoms with Crippen LogP contribution in [-0.2, 0) is 6.54 Å². The molecule has 5 nitrogen and oxygen atoms in total. The molecule has 0 saturated carbocycles. The number of aromatic hydroxyl groups is 2. The van der Waals surface area contributed by atoms with Crippen molar-refractivity contribution in [2.45, 2.75) is 6.54 Å². The number of phenolic OH excluding ortho intramolecular Hbond substituents is 2. The molecule has 0 aliphatic rings. The predicted molar refractivity (Wildman–Crippen MR) is 80.0 cm³/mol. The van der Waals surface area contributed by atoms with Gasteiger partial charge in [-0.25, -0.2) is 0 Å². The topological polar surface area (TPSA) is 86.8 Å². The van der Waals surface area contributed by atoms with Gasteiger partial charge in [0.2, 0.25) is 0 Å². The standard InChI is InChI=1S/C16H18N2O3/c17-9-10-18(11-12-5-2-1-3-6-12)16(21)15-13(19)7-4-8-14(15)20/h1-8,19-20H,9-11,17H2. The van der Waals surface area contributed by atoms with E-state index in [1.54, 1.807) is 0 Å². The highest BCUT2D eigenvalue weighted by atomic mass is 16.3. The number of nitrogens with two attached hydrogens (primary N) is 1. The molecule has 0 heterocycles. The first-order chi connectivity index (χ1) is 10.1. The minimum atomic E-state index is -0.445. The summed E-state index contributed by atoms with van der Waals surface area (Å²) in [6, 6.07) is 13.7. The maximum atomic E-state index is 12.5. The van der Waals surface area contributed by atoms with Gasteiger partial charge in [-0.05, 0) is 17.7 Å². The highest BCUT2D eigenvalue weighted by Gasteiger charge is 2.22. The van der Waals surface area contributed by atoms with E-state index in [4.69, 9.17) is 5.73 Å². The molecule has 4 N–H and O–H groups in total. The molecular weight excluding hydrogens is 268 g/mol. The summed E-state index contributed by atoms with van der Waals surface area (Å²) < 4.78 is 0. The molecule has 2 aromatic rings. The zero-order valence-electron chi connectivity index (χ0n) is 11.6. The van der Waals surface area contributed by atoms with E-state index in [1.807, 2.05) is 30.3 Å². The summed E-state index contributed by atoms with van der Waals surface area (Å²) in [5.74, 6) is -0.926. The number of carbonyl (C=O) groups is 1. The minimum Gasteiger partial charge on any atom is -0.507 e. The van der Waals surface area contributed by atoms with Crippen molar-refractivity contribution in [1.82, 2.24) is 4.90 Å². The van der Waals surface area contributed by atoms with E-state index in [0.29, 0.717) is 19.6 Å². The molecule has 110 valence electrons. The molecule has 2 aromatic carbocycles. The first kappa shape index (κ1) is 14.9. The summed E-state index contributed by atoms with van der Waals surface area (Å²) in [5, 5.41) is 19.6. The van der Waals surface area contributed by atoms with Crippen molar-refractivity contribution >= 4 is 5.91 Å². The van der Waals surface area contributed by atoms with Crippen LogP contribution in [0.2, 0.25) is 0 Å². The fourth-order valence-corrected chi connectivity index (χ4v) is 2.12. The number of phenols is 2. The molecule has 0 fully saturated rings. The molecule has 0 aliphatic heterocycles. The molecule has 5 heteroatoms. The Labute approximate surface area is 123 Å². The van der Waals surface area contributed by atoms with Crippen molar-refractivity contribution in [3.8, 4) is 11.5 Å². The van der Waals surface area contributed by atoms with Crippen LogP contribution in [0, 0.1) is 0 Å². The van der Waals surface area contributed by atoms with Crippen molar-refractivity contribution < 1.29 is 15.0 Å². The third kappa shape index (κ3) is 3.52. The predicted octanol–water partition coefficient (Wildman–Crippen LogP) is 1.70. The van der Waals surface area contributed by atoms with Gasteiger partial charge in [-0.2, -0.15) is 0 Å². The summed E-state index contributed by atoms with van der Waals surface area (Å²) in [6.07, 6.45) is 0. The smallest absolute Gasteiger partial charge is 0.261 e. The average molecular weight is 286 g/mol. The lowest BCUT2D eigenvalue weighted by Gasteiger charge is -2.23. The van der Waals surface area contributed by atoms with Crippen molar-refractivity contribution in [3.63, 3.8) is 0 Å². The Hall–Kier alpha value is -2.53. The molecule has 0 aromatic heterocycles. The Morgan fingerprint density at radius 2 is 1.62 bits per heavy atom. The maximum absolute atomic E-state index is 12.5. The lowest BCUT2D eigenvalue weighted by atomic mass is 10.1. The van der Waals surface area contributed by atoms with Gasteiger partial charge < -0.3 is 20.8 Å². The molecule has 0 bridgehead atoms. The van der Waals surface area contributed by atoms with Crippen molar-refractivity contribution in [3.05, 3.63) is 59.7 Å². The maximum Gasteiger partial charge on any atom is 0.261 e. The molecule has 21 heavy (non-hydrogen) atoms. The van der Waals surface area contributed by atoms with Gasteiger partial charge in [0.05, 0.1) is 0 Å². The van der Waals surface area contributed by atoms with Crippen LogP contribution in [0.15, 0.2) is 48.5 Å². The van der Waals surface area contributed by atoms with Gasteiger partial charge in [-0.15, -0.1) is 0 Å². The molecule has 0 saturated heterocycles. The van der Waals surface area contributed by atoms with Gasteiger partial charge in [0.1, 0.15) is 17.1 Å². The summed E-state index contributed by atoms with van der Waals surface area (Å²) in [7, 11) is 0. The zero-order chi connectivity index (χ0) is 15.2. The number of hydrogen-bond acceptors (Lipinski definition) is 4. The Morgan fingerprint density at radius 1 is 1.00 bits per heavy atom. The third-order valence-corrected chi connectivity index (χ3v) is 3.14. The number of hydrogen-bond donors (Lipinski definition) is 3. The van der Waals surface area contributed by atoms with Crippen LogP contribution in [0.1, 0.15) is 15.9 Å². The normalized spacial score (nSPS) is 10.3. The molecule has 2 rings (SSSR count). The number of nitrogens with zero attached hydrogens (tertiary/aromatic N) is 1. The number of benzene rings is 2. The second-order valence-electron chi connectivity index (χ2n) is 4.67. The Balaban J connectivity index is 2.27. The molecule has 0 unspecified atom stereocenters. The van der Waals surface area contributed by atoms with Gasteiger partial charge in [0.25, 0.3) is 5.91 Å². The molecule has 0 atom stereocenters. The van der Waals surface area contributed by atoms with Crippen LogP contribution in [0.5, 0.6) is 11.5 Å². The zero-order valence-corrected chi connectivity index (χ0v) is 11.6. The van der Waals surface area contributed by atoms with Crippen LogP contribution in [0.3, 0.4) is 0 Å². The Morgan fingerprint density at radius 3 is 2.19 bits per heavy atom. The third-order valence-electron chi connectivity index (χ3n) is 3.14. The van der Waals surface area contributed by atoms with E-state index in [1.165, 1.54) is 23.1 Å². The fourth-order valence-electron chi connectivity index (χ4n) is 2.12. The van der Waals surface area contributed by atoms with E-state index >= 15 is 0 Å². The van der Waals surface area contributed by atoms with E-state index in [2.05, 4.69) is 0 Å². The van der Waals surface area contributed by atoms with Crippen LogP contribution in [0.4, 0.5) is 0 Å². The summed E-state index contributed by atoms with van der Waals surface area (Å²) in [6.45, 7) is 0.999. The van der Waals surface area contributed by atoms with Crippen molar-refractivity contribution in [2.75, 3.05) is 13.1 Å². The molecule has 0 radical (unpaired) electrons. The van der Waals surface area contributed by atoms with Crippen molar-refractivity contribution in [1.29, 1.82) is 0 Å². The summed E-state index contributed by atoms with van der Waals surface area (Å²) in [5.41, 5.74) is 6.41. The fraction of sp³-hybridized carbons (Fsp3) is 0.188. The van der Waals surface area contributed by atoms with Gasteiger partial charge >= 0.3 is 0 Å². The molecule has 0 spiro atoms. The Kier molecular flexibility index (Phi) is 4.79. The van der Waals surface area contributed by atoms with Crippen LogP contribution < -0.4 is 5.73 Å². The first-order valence-corrected chi connectivity index (χ1v) is 6.67. The monoisotopic (exact) mass is 286 g/mol. The van der Waals surface area contributed by atoms with Gasteiger partial charge in [0.15, 0.2) is 0 Å². The quantitative estimate of drug-likeness (QED) is 0.780. The average Bonchev–Trinajstić information content (AvgIpc) is 2.47. The van der Waals surface area contributed by atoms with E-state index < -0.39 is 5.91 Å². The van der Waals surface area contributed by atoms with E-state index in [9.17, 15) is 15.0 Å². The minimum absolute atomic E-state index is 0.0955. The number of rotatable bonds is 5. The van der Waals surface area contributed by atoms with Crippen LogP contribution in [0.25, 0.3) is 0 Å². The highest BCUT2D eigenvalue weighted by molar-refractivity contribution is 5.99. The van der Waals surface area contributed by atoms with E-state index in [-0.39, 0.29) is 17.1 Å². The van der Waals surface area contributed by atoms with Gasteiger partial charge in [0, 0.05) is 19.6 Å². The molecule has 1 amide bonds. The second-order valence-corrected chi connectivity index (χ2v) is 4.67. The highest BCUT2D eigenvalue weighted by Crippen LogP contribution is 2.28. The van der Waals surface area contributed by atoms with Crippen LogP contribution >= 0.6 is 0 Å². The van der Waals surface area contributed by atoms with E-state index in [0.717, 1.165) is 5.56 Å². The van der Waals surface area contributed by atoms with Gasteiger partial charge in [-0.3, -0.25) is 4.79 Å². The number of carbonyl (C=O) groups excluding carboxylic acids is 1.